The van der Waals surface area contributed by atoms with E-state index in [1.165, 1.54) is 37.1 Å². The molecule has 0 radical (unpaired) electrons. The second kappa shape index (κ2) is 10.7. The van der Waals surface area contributed by atoms with Crippen molar-refractivity contribution in [3.8, 4) is 0 Å². The van der Waals surface area contributed by atoms with Crippen LogP contribution in [0.4, 0.5) is 10.1 Å². The Balaban J connectivity index is 1.46. The lowest BCUT2D eigenvalue weighted by Gasteiger charge is -2.26. The number of anilines is 1. The third-order valence-electron chi connectivity index (χ3n) is 5.52. The van der Waals surface area contributed by atoms with E-state index in [1.54, 1.807) is 12.1 Å². The normalized spacial score (nSPS) is 14.4. The van der Waals surface area contributed by atoms with Crippen molar-refractivity contribution >= 4 is 23.4 Å². The average molecular weight is 454 g/mol. The minimum Gasteiger partial charge on any atom is -0.323 e. The maximum Gasteiger partial charge on any atom is 0.234 e. The summed E-state index contributed by atoms with van der Waals surface area (Å²) in [6.07, 6.45) is 3.71. The molecule has 32 heavy (non-hydrogen) atoms. The Morgan fingerprint density at radius 3 is 2.59 bits per heavy atom. The largest absolute Gasteiger partial charge is 0.323 e. The predicted octanol–water partition coefficient (Wildman–Crippen LogP) is 4.49. The molecule has 2 heterocycles. The second-order valence-electron chi connectivity index (χ2n) is 8.13. The lowest BCUT2D eigenvalue weighted by Crippen LogP contribution is -2.30. The topological polar surface area (TPSA) is 63.1 Å². The Morgan fingerprint density at radius 2 is 1.84 bits per heavy atom. The number of nitrogens with zero attached hydrogens (tertiary/aromatic N) is 4. The van der Waals surface area contributed by atoms with Crippen LogP contribution in [0.3, 0.4) is 0 Å². The quantitative estimate of drug-likeness (QED) is 0.509. The van der Waals surface area contributed by atoms with E-state index >= 15 is 0 Å². The van der Waals surface area contributed by atoms with Crippen molar-refractivity contribution in [1.29, 1.82) is 0 Å². The van der Waals surface area contributed by atoms with Crippen molar-refractivity contribution < 1.29 is 9.18 Å². The number of halogens is 1. The Kier molecular flexibility index (Phi) is 7.55. The van der Waals surface area contributed by atoms with Gasteiger partial charge in [0.05, 0.1) is 24.5 Å². The van der Waals surface area contributed by atoms with Gasteiger partial charge in [0.15, 0.2) is 5.16 Å². The fourth-order valence-corrected chi connectivity index (χ4v) is 4.58. The Morgan fingerprint density at radius 1 is 1.06 bits per heavy atom. The fraction of sp³-hybridized carbons (Fsp3) is 0.375. The molecule has 1 amide bonds. The first-order valence-corrected chi connectivity index (χ1v) is 11.9. The first kappa shape index (κ1) is 22.5. The number of rotatable bonds is 8. The highest BCUT2D eigenvalue weighted by atomic mass is 32.2. The van der Waals surface area contributed by atoms with Gasteiger partial charge in [0, 0.05) is 0 Å². The Bertz CT molecular complexity index is 1050. The highest BCUT2D eigenvalue weighted by Crippen LogP contribution is 2.22. The van der Waals surface area contributed by atoms with Crippen LogP contribution >= 0.6 is 11.8 Å². The third kappa shape index (κ3) is 5.95. The Hall–Kier alpha value is -2.71. The number of hydrogen-bond acceptors (Lipinski definition) is 5. The van der Waals surface area contributed by atoms with Gasteiger partial charge in [0.25, 0.3) is 0 Å². The van der Waals surface area contributed by atoms with E-state index in [-0.39, 0.29) is 17.3 Å². The van der Waals surface area contributed by atoms with E-state index in [0.29, 0.717) is 11.7 Å². The zero-order valence-electron chi connectivity index (χ0n) is 18.3. The molecule has 0 aliphatic carbocycles. The van der Waals surface area contributed by atoms with Crippen LogP contribution in [0.1, 0.15) is 36.2 Å². The van der Waals surface area contributed by atoms with Gasteiger partial charge in [-0.15, -0.1) is 10.2 Å². The lowest BCUT2D eigenvalue weighted by atomic mass is 10.1. The minimum absolute atomic E-state index is 0.129. The van der Waals surface area contributed by atoms with Crippen LogP contribution in [-0.4, -0.2) is 44.4 Å². The van der Waals surface area contributed by atoms with Crippen LogP contribution < -0.4 is 5.32 Å². The fourth-order valence-electron chi connectivity index (χ4n) is 3.82. The van der Waals surface area contributed by atoms with Gasteiger partial charge in [-0.05, 0) is 56.1 Å². The van der Waals surface area contributed by atoms with Gasteiger partial charge in [-0.3, -0.25) is 9.69 Å². The molecule has 1 aliphatic heterocycles. The van der Waals surface area contributed by atoms with Gasteiger partial charge in [0.1, 0.15) is 11.6 Å². The molecule has 2 aromatic carbocycles. The number of benzene rings is 2. The second-order valence-corrected chi connectivity index (χ2v) is 9.07. The summed E-state index contributed by atoms with van der Waals surface area (Å²) in [5, 5.41) is 12.2. The number of aromatic nitrogens is 3. The number of nitrogens with one attached hydrogen (secondary N) is 1. The minimum atomic E-state index is -0.431. The highest BCUT2D eigenvalue weighted by molar-refractivity contribution is 7.99. The monoisotopic (exact) mass is 453 g/mol. The van der Waals surface area contributed by atoms with E-state index in [4.69, 9.17) is 0 Å². The molecule has 0 atom stereocenters. The summed E-state index contributed by atoms with van der Waals surface area (Å²) in [5.74, 6) is 0.330. The van der Waals surface area contributed by atoms with Crippen molar-refractivity contribution in [1.82, 2.24) is 19.7 Å². The van der Waals surface area contributed by atoms with E-state index in [1.807, 2.05) is 25.1 Å². The van der Waals surface area contributed by atoms with E-state index < -0.39 is 5.82 Å². The zero-order valence-corrected chi connectivity index (χ0v) is 19.1. The maximum absolute atomic E-state index is 14.1. The summed E-state index contributed by atoms with van der Waals surface area (Å²) in [7, 11) is 0. The van der Waals surface area contributed by atoms with Crippen molar-refractivity contribution in [3.63, 3.8) is 0 Å². The molecule has 0 bridgehead atoms. The van der Waals surface area contributed by atoms with Gasteiger partial charge in [-0.2, -0.15) is 0 Å². The average Bonchev–Trinajstić information content (AvgIpc) is 3.16. The molecule has 1 aromatic heterocycles. The molecule has 3 aromatic rings. The van der Waals surface area contributed by atoms with Crippen molar-refractivity contribution in [2.24, 2.45) is 0 Å². The molecule has 8 heteroatoms. The maximum atomic E-state index is 14.1. The summed E-state index contributed by atoms with van der Waals surface area (Å²) in [6.45, 7) is 5.36. The summed E-state index contributed by atoms with van der Waals surface area (Å²) in [4.78, 5) is 14.9. The molecule has 4 rings (SSSR count). The molecule has 0 spiro atoms. The molecule has 168 valence electrons. The van der Waals surface area contributed by atoms with Gasteiger partial charge in [0.2, 0.25) is 5.91 Å². The third-order valence-corrected chi connectivity index (χ3v) is 6.49. The molecule has 1 aliphatic rings. The van der Waals surface area contributed by atoms with Gasteiger partial charge >= 0.3 is 0 Å². The molecule has 1 fully saturated rings. The number of carbonyl (C=O) groups excluding carboxylic acids is 1. The van der Waals surface area contributed by atoms with Crippen LogP contribution in [0.5, 0.6) is 0 Å². The number of aryl methyl sites for hydroxylation is 1. The van der Waals surface area contributed by atoms with Crippen LogP contribution in [0.15, 0.2) is 53.7 Å². The predicted molar refractivity (Wildman–Crippen MR) is 125 cm³/mol. The number of carbonyl (C=O) groups is 1. The van der Waals surface area contributed by atoms with Crippen LogP contribution in [0.25, 0.3) is 0 Å². The summed E-state index contributed by atoms with van der Waals surface area (Å²) in [5.41, 5.74) is 2.16. The molecule has 0 unspecified atom stereocenters. The number of amides is 1. The molecule has 1 N–H and O–H groups in total. The number of thioether (sulfide) groups is 1. The number of hydrogen-bond donors (Lipinski definition) is 1. The van der Waals surface area contributed by atoms with Crippen molar-refractivity contribution in [2.75, 3.05) is 24.2 Å². The van der Waals surface area contributed by atoms with Crippen molar-refractivity contribution in [2.45, 2.75) is 44.4 Å². The first-order chi connectivity index (χ1) is 15.6. The molecule has 0 saturated carbocycles. The zero-order chi connectivity index (χ0) is 22.3. The highest BCUT2D eigenvalue weighted by Gasteiger charge is 2.19. The number of likely N-dealkylation sites (tertiary alicyclic amines) is 1. The molecule has 6 nitrogen and oxygen atoms in total. The SMILES string of the molecule is Cc1ccc(NC(=O)CSc2nnc(CN3CCCCC3)n2Cc2ccccc2)c(F)c1. The smallest absolute Gasteiger partial charge is 0.234 e. The molecular formula is C24H28FN5OS. The Labute approximate surface area is 192 Å². The van der Waals surface area contributed by atoms with Crippen LogP contribution in [-0.2, 0) is 17.9 Å². The molecular weight excluding hydrogens is 425 g/mol. The van der Waals surface area contributed by atoms with E-state index in [9.17, 15) is 9.18 Å². The summed E-state index contributed by atoms with van der Waals surface area (Å²) >= 11 is 1.32. The standard InChI is InChI=1S/C24H28FN5OS/c1-18-10-11-21(20(25)14-18)26-23(31)17-32-24-28-27-22(16-29-12-6-3-7-13-29)30(24)15-19-8-4-2-5-9-19/h2,4-5,8-11,14H,3,6-7,12-13,15-17H2,1H3,(H,26,31). The summed E-state index contributed by atoms with van der Waals surface area (Å²) < 4.78 is 16.1. The lowest BCUT2D eigenvalue weighted by molar-refractivity contribution is -0.113. The van der Waals surface area contributed by atoms with E-state index in [2.05, 4.69) is 37.1 Å². The first-order valence-electron chi connectivity index (χ1n) is 11.0. The summed E-state index contributed by atoms with van der Waals surface area (Å²) in [6, 6.07) is 14.9. The van der Waals surface area contributed by atoms with Crippen LogP contribution in [0.2, 0.25) is 0 Å². The van der Waals surface area contributed by atoms with Crippen molar-refractivity contribution in [3.05, 3.63) is 71.3 Å². The molecule has 1 saturated heterocycles. The van der Waals surface area contributed by atoms with Gasteiger partial charge < -0.3 is 9.88 Å². The van der Waals surface area contributed by atoms with Crippen LogP contribution in [0, 0.1) is 12.7 Å². The van der Waals surface area contributed by atoms with Gasteiger partial charge in [-0.1, -0.05) is 54.6 Å². The van der Waals surface area contributed by atoms with E-state index in [0.717, 1.165) is 36.6 Å². The number of piperidine rings is 1. The van der Waals surface area contributed by atoms with Gasteiger partial charge in [-0.25, -0.2) is 4.39 Å².